The molecule has 0 fully saturated rings. The third kappa shape index (κ3) is 4.14. The number of nitro groups is 1. The number of halogens is 1. The second-order valence-corrected chi connectivity index (χ2v) is 5.71. The Morgan fingerprint density at radius 2 is 2.19 bits per heavy atom. The molecule has 1 unspecified atom stereocenters. The number of carbonyl (C=O) groups is 1. The predicted octanol–water partition coefficient (Wildman–Crippen LogP) is 2.16. The molecule has 0 radical (unpaired) electrons. The first-order valence-corrected chi connectivity index (χ1v) is 8.10. The van der Waals surface area contributed by atoms with Gasteiger partial charge in [-0.05, 0) is 12.5 Å². The first-order chi connectivity index (χ1) is 13.0. The van der Waals surface area contributed by atoms with Crippen molar-refractivity contribution in [1.29, 1.82) is 0 Å². The average Bonchev–Trinajstić information content (AvgIpc) is 3.28. The van der Waals surface area contributed by atoms with Crippen molar-refractivity contribution in [3.63, 3.8) is 0 Å². The Morgan fingerprint density at radius 1 is 1.41 bits per heavy atom. The van der Waals surface area contributed by atoms with Gasteiger partial charge in [-0.3, -0.25) is 24.9 Å². The highest BCUT2D eigenvalue weighted by Gasteiger charge is 2.23. The minimum Gasteiger partial charge on any atom is -0.291 e. The summed E-state index contributed by atoms with van der Waals surface area (Å²) in [6.07, 6.45) is 4.01. The zero-order chi connectivity index (χ0) is 19.4. The lowest BCUT2D eigenvalue weighted by Crippen LogP contribution is -2.26. The number of amides is 1. The molecule has 11 heteroatoms. The van der Waals surface area contributed by atoms with Gasteiger partial charge < -0.3 is 0 Å². The number of rotatable bonds is 7. The van der Waals surface area contributed by atoms with Crippen molar-refractivity contribution < 1.29 is 14.1 Å². The fraction of sp³-hybridized carbons (Fsp3) is 0.250. The molecule has 0 spiro atoms. The first-order valence-electron chi connectivity index (χ1n) is 8.10. The number of nitrogens with one attached hydrogen (secondary N) is 1. The molecular formula is C16H16FN7O3. The third-order valence-corrected chi connectivity index (χ3v) is 3.87. The second-order valence-electron chi connectivity index (χ2n) is 5.71. The fourth-order valence-electron chi connectivity index (χ4n) is 2.51. The van der Waals surface area contributed by atoms with Gasteiger partial charge in [-0.2, -0.15) is 5.10 Å². The Kier molecular flexibility index (Phi) is 5.20. The lowest BCUT2D eigenvalue weighted by atomic mass is 10.2. The normalized spacial score (nSPS) is 11.9. The van der Waals surface area contributed by atoms with E-state index in [1.165, 1.54) is 28.0 Å². The van der Waals surface area contributed by atoms with E-state index in [2.05, 4.69) is 20.5 Å². The highest BCUT2D eigenvalue weighted by Crippen LogP contribution is 2.17. The van der Waals surface area contributed by atoms with E-state index in [0.29, 0.717) is 12.0 Å². The smallest absolute Gasteiger partial charge is 0.291 e. The summed E-state index contributed by atoms with van der Waals surface area (Å²) >= 11 is 0. The third-order valence-electron chi connectivity index (χ3n) is 3.87. The van der Waals surface area contributed by atoms with Crippen LogP contribution in [0.15, 0.2) is 43.0 Å². The summed E-state index contributed by atoms with van der Waals surface area (Å²) in [4.78, 5) is 26.6. The number of hydrogen-bond donors (Lipinski definition) is 1. The monoisotopic (exact) mass is 373 g/mol. The SMILES string of the molecule is CCC(C(=O)Nc1ncn(Cc2ccccc2F)n1)n1cc([N+](=O)[O-])cn1. The molecule has 0 saturated carbocycles. The van der Waals surface area contributed by atoms with Crippen molar-refractivity contribution in [2.75, 3.05) is 5.32 Å². The molecule has 2 heterocycles. The number of carbonyl (C=O) groups excluding carboxylic acids is 1. The largest absolute Gasteiger partial charge is 0.307 e. The lowest BCUT2D eigenvalue weighted by molar-refractivity contribution is -0.385. The van der Waals surface area contributed by atoms with Crippen LogP contribution in [0.4, 0.5) is 16.0 Å². The zero-order valence-electron chi connectivity index (χ0n) is 14.3. The second kappa shape index (κ2) is 7.72. The summed E-state index contributed by atoms with van der Waals surface area (Å²) in [6, 6.07) is 5.54. The molecule has 0 bridgehead atoms. The van der Waals surface area contributed by atoms with Gasteiger partial charge in [0.05, 0.1) is 11.5 Å². The van der Waals surface area contributed by atoms with E-state index in [9.17, 15) is 19.3 Å². The van der Waals surface area contributed by atoms with Gasteiger partial charge in [0.25, 0.3) is 5.91 Å². The van der Waals surface area contributed by atoms with Crippen LogP contribution in [0.2, 0.25) is 0 Å². The number of benzene rings is 1. The highest BCUT2D eigenvalue weighted by atomic mass is 19.1. The Morgan fingerprint density at radius 3 is 2.85 bits per heavy atom. The summed E-state index contributed by atoms with van der Waals surface area (Å²) in [6.45, 7) is 1.92. The van der Waals surface area contributed by atoms with Crippen molar-refractivity contribution in [3.05, 3.63) is 64.5 Å². The number of anilines is 1. The molecule has 1 N–H and O–H groups in total. The molecular weight excluding hydrogens is 357 g/mol. The molecule has 140 valence electrons. The van der Waals surface area contributed by atoms with E-state index in [4.69, 9.17) is 0 Å². The first kappa shape index (κ1) is 18.2. The van der Waals surface area contributed by atoms with Crippen LogP contribution in [0, 0.1) is 15.9 Å². The van der Waals surface area contributed by atoms with E-state index in [-0.39, 0.29) is 24.0 Å². The van der Waals surface area contributed by atoms with Crippen molar-refractivity contribution in [2.45, 2.75) is 25.9 Å². The molecule has 3 aromatic rings. The summed E-state index contributed by atoms with van der Waals surface area (Å²) in [5, 5.41) is 21.3. The van der Waals surface area contributed by atoms with Crippen molar-refractivity contribution in [1.82, 2.24) is 24.5 Å². The van der Waals surface area contributed by atoms with Gasteiger partial charge in [0, 0.05) is 5.56 Å². The van der Waals surface area contributed by atoms with Crippen molar-refractivity contribution in [2.24, 2.45) is 0 Å². The fourth-order valence-corrected chi connectivity index (χ4v) is 2.51. The van der Waals surface area contributed by atoms with Gasteiger partial charge in [0.15, 0.2) is 0 Å². The van der Waals surface area contributed by atoms with Gasteiger partial charge >= 0.3 is 5.69 Å². The van der Waals surface area contributed by atoms with Gasteiger partial charge in [-0.1, -0.05) is 25.1 Å². The molecule has 10 nitrogen and oxygen atoms in total. The van der Waals surface area contributed by atoms with Crippen LogP contribution in [0.3, 0.4) is 0 Å². The van der Waals surface area contributed by atoms with E-state index in [1.54, 1.807) is 25.1 Å². The molecule has 0 aliphatic carbocycles. The van der Waals surface area contributed by atoms with Gasteiger partial charge in [0.1, 0.15) is 30.6 Å². The maximum atomic E-state index is 13.7. The predicted molar refractivity (Wildman–Crippen MR) is 92.4 cm³/mol. The van der Waals surface area contributed by atoms with Crippen molar-refractivity contribution >= 4 is 17.5 Å². The van der Waals surface area contributed by atoms with E-state index < -0.39 is 16.9 Å². The van der Waals surface area contributed by atoms with Crippen LogP contribution in [0.25, 0.3) is 0 Å². The summed E-state index contributed by atoms with van der Waals surface area (Å²) in [5.41, 5.74) is 0.240. The Bertz CT molecular complexity index is 968. The van der Waals surface area contributed by atoms with E-state index in [1.807, 2.05) is 0 Å². The molecule has 1 aromatic carbocycles. The summed E-state index contributed by atoms with van der Waals surface area (Å²) < 4.78 is 16.3. The standard InChI is InChI=1S/C16H16FN7O3/c1-2-14(23-9-12(7-19-23)24(26)27)15(25)20-16-18-10-22(21-16)8-11-5-3-4-6-13(11)17/h3-7,9-10,14H,2,8H2,1H3,(H,20,21,25). The highest BCUT2D eigenvalue weighted by molar-refractivity contribution is 5.92. The number of hydrogen-bond acceptors (Lipinski definition) is 6. The van der Waals surface area contributed by atoms with E-state index >= 15 is 0 Å². The topological polar surface area (TPSA) is 121 Å². The van der Waals surface area contributed by atoms with Crippen LogP contribution >= 0.6 is 0 Å². The van der Waals surface area contributed by atoms with Crippen LogP contribution in [0.5, 0.6) is 0 Å². The molecule has 1 atom stereocenters. The number of nitrogens with zero attached hydrogens (tertiary/aromatic N) is 6. The molecule has 2 aromatic heterocycles. The quantitative estimate of drug-likeness (QED) is 0.500. The molecule has 27 heavy (non-hydrogen) atoms. The molecule has 0 aliphatic rings. The number of aromatic nitrogens is 5. The van der Waals surface area contributed by atoms with Gasteiger partial charge in [-0.15, -0.1) is 5.10 Å². The molecule has 3 rings (SSSR count). The van der Waals surface area contributed by atoms with Gasteiger partial charge in [-0.25, -0.2) is 14.1 Å². The maximum Gasteiger partial charge on any atom is 0.307 e. The minimum absolute atomic E-state index is 0.0523. The van der Waals surface area contributed by atoms with Crippen molar-refractivity contribution in [3.8, 4) is 0 Å². The summed E-state index contributed by atoms with van der Waals surface area (Å²) in [7, 11) is 0. The Labute approximate surface area is 152 Å². The van der Waals surface area contributed by atoms with Crippen LogP contribution in [-0.2, 0) is 11.3 Å². The van der Waals surface area contributed by atoms with E-state index in [0.717, 1.165) is 6.20 Å². The lowest BCUT2D eigenvalue weighted by Gasteiger charge is -2.13. The minimum atomic E-state index is -0.753. The zero-order valence-corrected chi connectivity index (χ0v) is 14.3. The molecule has 0 saturated heterocycles. The van der Waals surface area contributed by atoms with Crippen LogP contribution in [-0.4, -0.2) is 35.4 Å². The summed E-state index contributed by atoms with van der Waals surface area (Å²) in [5.74, 6) is -0.763. The van der Waals surface area contributed by atoms with Gasteiger partial charge in [0.2, 0.25) is 5.95 Å². The maximum absolute atomic E-state index is 13.7. The van der Waals surface area contributed by atoms with Crippen LogP contribution < -0.4 is 5.32 Å². The molecule has 0 aliphatic heterocycles. The Balaban J connectivity index is 1.69. The molecule has 1 amide bonds. The Hall–Kier alpha value is -3.63. The average molecular weight is 373 g/mol. The van der Waals surface area contributed by atoms with Crippen LogP contribution in [0.1, 0.15) is 24.9 Å².